The van der Waals surface area contributed by atoms with Gasteiger partial charge in [-0.1, -0.05) is 25.6 Å². The minimum Gasteiger partial charge on any atom is -0.386 e. The molecule has 0 radical (unpaired) electrons. The number of thioether (sulfide) groups is 1. The van der Waals surface area contributed by atoms with Gasteiger partial charge in [-0.25, -0.2) is 28.6 Å². The number of aliphatic hydroxyl groups is 3. The van der Waals surface area contributed by atoms with Crippen LogP contribution in [0.2, 0.25) is 0 Å². The topological polar surface area (TPSA) is 401 Å². The van der Waals surface area contributed by atoms with Crippen molar-refractivity contribution >= 4 is 74.9 Å². The lowest BCUT2D eigenvalue weighted by molar-refractivity contribution is -0.142. The number of rotatable bonds is 21. The van der Waals surface area contributed by atoms with E-state index in [0.717, 1.165) is 31.1 Å². The van der Waals surface area contributed by atoms with Crippen molar-refractivity contribution < 1.29 is 90.4 Å². The predicted octanol–water partition coefficient (Wildman–Crippen LogP) is -2.00. The summed E-state index contributed by atoms with van der Waals surface area (Å²) in [6.07, 6.45) is -7.15. The minimum absolute atomic E-state index is 0.0148. The number of nitrogens with one attached hydrogen (secondary N) is 2. The molecule has 1 aliphatic rings. The van der Waals surface area contributed by atoms with E-state index < -0.39 is 101 Å². The van der Waals surface area contributed by atoms with Crippen LogP contribution in [0.1, 0.15) is 40.3 Å². The molecule has 0 aliphatic carbocycles. The zero-order chi connectivity index (χ0) is 42.4. The minimum atomic E-state index is -5.59. The second kappa shape index (κ2) is 18.8. The Balaban J connectivity index is 1.50. The summed E-state index contributed by atoms with van der Waals surface area (Å²) in [5, 5.41) is 35.2. The first kappa shape index (κ1) is 47.6. The fraction of sp³-hybridized carbons (Fsp3) is 0.654. The number of ether oxygens (including phenoxy) is 1. The SMILES string of the molecule is CC(=O)C(C)(O)C(=O)SCCNC(=O)CCNC(=O)[C@H](O)C(C)(C)COP(=O)(O)OP(=O)(O)OC[C@H]1O[C@@H](n2cnc3c(N)ncnc32)[C@H](O)[C@@H]1OP(=O)(O)O. The molecular formula is C26H42N7O19P3S. The molecule has 3 heterocycles. The number of anilines is 1. The van der Waals surface area contributed by atoms with E-state index in [9.17, 15) is 67.8 Å². The molecule has 3 unspecified atom stereocenters. The molecule has 0 aromatic carbocycles. The summed E-state index contributed by atoms with van der Waals surface area (Å²) in [7, 11) is -16.5. The molecular weight excluding hydrogens is 839 g/mol. The number of fused-ring (bicyclic) bond motifs is 1. The predicted molar refractivity (Wildman–Crippen MR) is 188 cm³/mol. The molecule has 3 rings (SSSR count). The molecule has 11 N–H and O–H groups in total. The molecule has 0 spiro atoms. The number of amides is 2. The van der Waals surface area contributed by atoms with Crippen molar-refractivity contribution in [3.8, 4) is 0 Å². The Kier molecular flexibility index (Phi) is 16.0. The van der Waals surface area contributed by atoms with Gasteiger partial charge in [-0.3, -0.25) is 37.3 Å². The quantitative estimate of drug-likeness (QED) is 0.0368. The van der Waals surface area contributed by atoms with E-state index in [1.54, 1.807) is 0 Å². The normalized spacial score (nSPS) is 22.8. The molecule has 2 amide bonds. The molecule has 2 aromatic rings. The van der Waals surface area contributed by atoms with Crippen molar-refractivity contribution in [2.45, 2.75) is 70.4 Å². The third kappa shape index (κ3) is 13.1. The van der Waals surface area contributed by atoms with E-state index in [1.165, 1.54) is 13.8 Å². The van der Waals surface area contributed by atoms with E-state index in [4.69, 9.17) is 19.5 Å². The summed E-state index contributed by atoms with van der Waals surface area (Å²) in [6, 6.07) is 0. The number of carbonyl (C=O) groups excluding carboxylic acids is 4. The molecule has 316 valence electrons. The van der Waals surface area contributed by atoms with Gasteiger partial charge in [-0.2, -0.15) is 4.31 Å². The van der Waals surface area contributed by atoms with Crippen LogP contribution >= 0.6 is 35.2 Å². The summed E-state index contributed by atoms with van der Waals surface area (Å²) in [5.41, 5.74) is 2.02. The van der Waals surface area contributed by atoms with Gasteiger partial charge in [0, 0.05) is 30.7 Å². The molecule has 1 saturated heterocycles. The smallest absolute Gasteiger partial charge is 0.386 e. The Morgan fingerprint density at radius 3 is 2.30 bits per heavy atom. The third-order valence-electron chi connectivity index (χ3n) is 7.82. The number of imidazole rings is 1. The maximum absolute atomic E-state index is 12.7. The van der Waals surface area contributed by atoms with Crippen LogP contribution in [0.4, 0.5) is 5.82 Å². The van der Waals surface area contributed by atoms with Gasteiger partial charge in [0.05, 0.1) is 19.5 Å². The second-order valence-electron chi connectivity index (χ2n) is 12.8. The highest BCUT2D eigenvalue weighted by molar-refractivity contribution is 8.13. The lowest BCUT2D eigenvalue weighted by Crippen LogP contribution is -2.46. The van der Waals surface area contributed by atoms with Gasteiger partial charge < -0.3 is 56.0 Å². The van der Waals surface area contributed by atoms with E-state index in [2.05, 4.69) is 34.4 Å². The number of phosphoric ester groups is 3. The van der Waals surface area contributed by atoms with Crippen molar-refractivity contribution in [1.29, 1.82) is 0 Å². The number of nitrogen functional groups attached to an aromatic ring is 1. The number of ketones is 1. The third-order valence-corrected chi connectivity index (χ3v) is 12.0. The lowest BCUT2D eigenvalue weighted by atomic mass is 9.87. The number of nitrogens with zero attached hydrogens (tertiary/aromatic N) is 4. The number of hydrogen-bond donors (Lipinski definition) is 10. The van der Waals surface area contributed by atoms with Gasteiger partial charge in [0.25, 0.3) is 0 Å². The Bertz CT molecular complexity index is 1910. The van der Waals surface area contributed by atoms with Crippen LogP contribution < -0.4 is 16.4 Å². The van der Waals surface area contributed by atoms with Gasteiger partial charge >= 0.3 is 23.5 Å². The maximum atomic E-state index is 12.7. The van der Waals surface area contributed by atoms with Crippen LogP contribution in [0.5, 0.6) is 0 Å². The lowest BCUT2D eigenvalue weighted by Gasteiger charge is -2.30. The van der Waals surface area contributed by atoms with Crippen LogP contribution in [0, 0.1) is 5.41 Å². The van der Waals surface area contributed by atoms with E-state index in [0.29, 0.717) is 11.8 Å². The zero-order valence-electron chi connectivity index (χ0n) is 29.9. The number of aliphatic hydroxyl groups excluding tert-OH is 2. The Hall–Kier alpha value is -2.81. The molecule has 0 bridgehead atoms. The van der Waals surface area contributed by atoms with Crippen LogP contribution in [-0.2, 0) is 55.5 Å². The number of carbonyl (C=O) groups is 4. The first-order valence-corrected chi connectivity index (χ1v) is 21.5. The number of nitrogens with two attached hydrogens (primary N) is 1. The largest absolute Gasteiger partial charge is 0.481 e. The van der Waals surface area contributed by atoms with Crippen molar-refractivity contribution in [2.24, 2.45) is 5.41 Å². The standard InChI is InChI=1S/C26H42N7O19P3S/c1-13(34)26(4,40)24(39)56-8-7-28-15(35)5-6-29-22(38)19(37)25(2,3)10-49-55(46,47)52-54(44,45)48-9-14-18(51-53(41,42)43)17(36)23(50-14)33-12-32-16-20(27)30-11-31-21(16)33/h11-12,14,17-19,23,36-37,40H,5-10H2,1-4H3,(H,28,35)(H,29,38)(H,44,45)(H,46,47)(H2,27,30,31)(H2,41,42,43)/t14-,17-,18-,19+,23-,26?/m1/s1. The molecule has 26 nitrogen and oxygen atoms in total. The molecule has 8 atom stereocenters. The zero-order valence-corrected chi connectivity index (χ0v) is 33.4. The molecule has 2 aromatic heterocycles. The Labute approximate surface area is 321 Å². The summed E-state index contributed by atoms with van der Waals surface area (Å²) in [5.74, 6) is -2.35. The van der Waals surface area contributed by atoms with Crippen molar-refractivity contribution in [3.05, 3.63) is 12.7 Å². The Morgan fingerprint density at radius 2 is 1.68 bits per heavy atom. The van der Waals surface area contributed by atoms with Gasteiger partial charge in [-0.05, 0) is 13.8 Å². The van der Waals surface area contributed by atoms with Gasteiger partial charge in [0.2, 0.25) is 16.9 Å². The number of Topliss-reactive ketones (excluding diaryl/α,β-unsaturated/α-hetero) is 1. The van der Waals surface area contributed by atoms with Gasteiger partial charge in [0.15, 0.2) is 29.1 Å². The first-order chi connectivity index (χ1) is 25.7. The molecule has 56 heavy (non-hydrogen) atoms. The second-order valence-corrected chi connectivity index (χ2v) is 18.1. The summed E-state index contributed by atoms with van der Waals surface area (Å²) >= 11 is 0.635. The highest BCUT2D eigenvalue weighted by Gasteiger charge is 2.50. The molecule has 1 fully saturated rings. The molecule has 0 saturated carbocycles. The molecule has 1 aliphatic heterocycles. The maximum Gasteiger partial charge on any atom is 0.481 e. The molecule has 30 heteroatoms. The summed E-state index contributed by atoms with van der Waals surface area (Å²) in [4.78, 5) is 98.6. The Morgan fingerprint density at radius 1 is 1.04 bits per heavy atom. The van der Waals surface area contributed by atoms with Crippen molar-refractivity contribution in [1.82, 2.24) is 30.2 Å². The van der Waals surface area contributed by atoms with Crippen molar-refractivity contribution in [2.75, 3.05) is 37.8 Å². The average Bonchev–Trinajstić information content (AvgIpc) is 3.64. The van der Waals surface area contributed by atoms with E-state index in [1.807, 2.05) is 0 Å². The van der Waals surface area contributed by atoms with Gasteiger partial charge in [0.1, 0.15) is 36.3 Å². The number of aromatic nitrogens is 4. The fourth-order valence-electron chi connectivity index (χ4n) is 4.56. The van der Waals surface area contributed by atoms with Crippen molar-refractivity contribution in [3.63, 3.8) is 0 Å². The van der Waals surface area contributed by atoms with Crippen LogP contribution in [0.15, 0.2) is 12.7 Å². The van der Waals surface area contributed by atoms with Crippen LogP contribution in [0.3, 0.4) is 0 Å². The van der Waals surface area contributed by atoms with Crippen LogP contribution in [0.25, 0.3) is 11.2 Å². The van der Waals surface area contributed by atoms with E-state index in [-0.39, 0.29) is 42.2 Å². The summed E-state index contributed by atoms with van der Waals surface area (Å²) in [6.45, 7) is 2.17. The average molecular weight is 882 g/mol. The highest BCUT2D eigenvalue weighted by atomic mass is 32.2. The summed E-state index contributed by atoms with van der Waals surface area (Å²) < 4.78 is 61.9. The van der Waals surface area contributed by atoms with Gasteiger partial charge in [-0.15, -0.1) is 0 Å². The first-order valence-electron chi connectivity index (χ1n) is 16.0. The number of hydrogen-bond acceptors (Lipinski definition) is 20. The van der Waals surface area contributed by atoms with Crippen LogP contribution in [-0.4, -0.2) is 139 Å². The monoisotopic (exact) mass is 881 g/mol. The highest BCUT2D eigenvalue weighted by Crippen LogP contribution is 2.61. The fourth-order valence-corrected chi connectivity index (χ4v) is 8.20. The number of phosphoric acid groups is 3. The van der Waals surface area contributed by atoms with E-state index >= 15 is 0 Å².